The van der Waals surface area contributed by atoms with Gasteiger partial charge in [-0.3, -0.25) is 4.79 Å². The number of nitrogens with zero attached hydrogens (tertiary/aromatic N) is 1. The first-order valence-electron chi connectivity index (χ1n) is 5.45. The van der Waals surface area contributed by atoms with E-state index in [1.165, 1.54) is 24.4 Å². The van der Waals surface area contributed by atoms with E-state index < -0.39 is 0 Å². The molecule has 80 valence electrons. The Kier molecular flexibility index (Phi) is 1.89. The zero-order valence-electron chi connectivity index (χ0n) is 8.75. The number of hydrogen-bond donors (Lipinski definition) is 1. The van der Waals surface area contributed by atoms with Gasteiger partial charge in [0.05, 0.1) is 0 Å². The van der Waals surface area contributed by atoms with Crippen molar-refractivity contribution in [2.24, 2.45) is 5.92 Å². The van der Waals surface area contributed by atoms with Gasteiger partial charge in [0, 0.05) is 10.4 Å². The van der Waals surface area contributed by atoms with E-state index in [2.05, 4.69) is 9.69 Å². The van der Waals surface area contributed by atoms with Crippen LogP contribution in [0.4, 0.5) is 0 Å². The van der Waals surface area contributed by atoms with Crippen LogP contribution in [0.5, 0.6) is 0 Å². The topological polar surface area (TPSA) is 42.0 Å². The SMILES string of the molecule is Cc1cc(C(=O)NC2(C3CC3)CC2)ns1. The van der Waals surface area contributed by atoms with Crippen molar-refractivity contribution in [2.75, 3.05) is 0 Å². The van der Waals surface area contributed by atoms with Gasteiger partial charge in [0.2, 0.25) is 0 Å². The molecule has 2 aliphatic rings. The molecule has 3 nitrogen and oxygen atoms in total. The molecule has 2 fully saturated rings. The van der Waals surface area contributed by atoms with Crippen LogP contribution >= 0.6 is 11.5 Å². The minimum absolute atomic E-state index is 0.0174. The fraction of sp³-hybridized carbons (Fsp3) is 0.636. The lowest BCUT2D eigenvalue weighted by atomic mass is 10.1. The molecule has 1 heterocycles. The van der Waals surface area contributed by atoms with Gasteiger partial charge < -0.3 is 5.32 Å². The molecule has 4 heteroatoms. The molecule has 0 atom stereocenters. The summed E-state index contributed by atoms with van der Waals surface area (Å²) in [5, 5.41) is 3.16. The van der Waals surface area contributed by atoms with Crippen LogP contribution < -0.4 is 5.32 Å². The smallest absolute Gasteiger partial charge is 0.271 e. The summed E-state index contributed by atoms with van der Waals surface area (Å²) in [6, 6.07) is 1.86. The van der Waals surface area contributed by atoms with E-state index in [1.807, 2.05) is 13.0 Å². The minimum Gasteiger partial charge on any atom is -0.345 e. The van der Waals surface area contributed by atoms with Gasteiger partial charge in [0.25, 0.3) is 5.91 Å². The fourth-order valence-corrected chi connectivity index (χ4v) is 2.71. The fourth-order valence-electron chi connectivity index (χ4n) is 2.17. The molecule has 1 amide bonds. The van der Waals surface area contributed by atoms with E-state index in [0.717, 1.165) is 23.6 Å². The quantitative estimate of drug-likeness (QED) is 0.851. The Bertz CT molecular complexity index is 404. The van der Waals surface area contributed by atoms with Crippen LogP contribution in [0.15, 0.2) is 6.07 Å². The predicted octanol–water partition coefficient (Wildman–Crippen LogP) is 2.12. The summed E-state index contributed by atoms with van der Waals surface area (Å²) in [4.78, 5) is 13.0. The van der Waals surface area contributed by atoms with Crippen molar-refractivity contribution in [3.63, 3.8) is 0 Å². The predicted molar refractivity (Wildman–Crippen MR) is 59.0 cm³/mol. The molecule has 0 spiro atoms. The average Bonchev–Trinajstić information content (AvgIpc) is 3.06. The first kappa shape index (κ1) is 9.33. The molecule has 0 saturated heterocycles. The number of aromatic nitrogens is 1. The second kappa shape index (κ2) is 3.04. The summed E-state index contributed by atoms with van der Waals surface area (Å²) in [7, 11) is 0. The van der Waals surface area contributed by atoms with Gasteiger partial charge in [0.15, 0.2) is 0 Å². The summed E-state index contributed by atoms with van der Waals surface area (Å²) < 4.78 is 4.14. The molecule has 1 aromatic heterocycles. The average molecular weight is 222 g/mol. The van der Waals surface area contributed by atoms with Gasteiger partial charge in [-0.15, -0.1) is 0 Å². The lowest BCUT2D eigenvalue weighted by Gasteiger charge is -2.15. The van der Waals surface area contributed by atoms with E-state index in [4.69, 9.17) is 0 Å². The second-order valence-corrected chi connectivity index (χ2v) is 5.72. The largest absolute Gasteiger partial charge is 0.345 e. The highest BCUT2D eigenvalue weighted by molar-refractivity contribution is 7.05. The zero-order valence-corrected chi connectivity index (χ0v) is 9.56. The Balaban J connectivity index is 1.70. The van der Waals surface area contributed by atoms with Crippen LogP contribution in [0.3, 0.4) is 0 Å². The summed E-state index contributed by atoms with van der Waals surface area (Å²) in [6.45, 7) is 1.97. The standard InChI is InChI=1S/C11H14N2OS/c1-7-6-9(13-15-7)10(14)12-11(4-5-11)8-2-3-8/h6,8H,2-5H2,1H3,(H,12,14). The summed E-state index contributed by atoms with van der Waals surface area (Å²) in [5.41, 5.74) is 0.749. The van der Waals surface area contributed by atoms with Crippen LogP contribution in [0.2, 0.25) is 0 Å². The Morgan fingerprint density at radius 3 is 2.80 bits per heavy atom. The number of aryl methyl sites for hydroxylation is 1. The van der Waals surface area contributed by atoms with Gasteiger partial charge >= 0.3 is 0 Å². The molecular formula is C11H14N2OS. The second-order valence-electron chi connectivity index (χ2n) is 4.71. The Hall–Kier alpha value is -0.900. The maximum Gasteiger partial charge on any atom is 0.271 e. The molecule has 2 aliphatic carbocycles. The molecule has 0 unspecified atom stereocenters. The van der Waals surface area contributed by atoms with Gasteiger partial charge in [-0.1, -0.05) is 0 Å². The van der Waals surface area contributed by atoms with Crippen LogP contribution in [-0.4, -0.2) is 15.8 Å². The van der Waals surface area contributed by atoms with Crippen LogP contribution in [-0.2, 0) is 0 Å². The van der Waals surface area contributed by atoms with Crippen molar-refractivity contribution in [2.45, 2.75) is 38.1 Å². The molecule has 0 aliphatic heterocycles. The van der Waals surface area contributed by atoms with Crippen molar-refractivity contribution in [3.05, 3.63) is 16.6 Å². The van der Waals surface area contributed by atoms with Gasteiger partial charge in [-0.2, -0.15) is 4.37 Å². The summed E-state index contributed by atoms with van der Waals surface area (Å²) in [6.07, 6.45) is 4.89. The van der Waals surface area contributed by atoms with E-state index in [0.29, 0.717) is 5.69 Å². The van der Waals surface area contributed by atoms with E-state index >= 15 is 0 Å². The van der Waals surface area contributed by atoms with Crippen molar-refractivity contribution < 1.29 is 4.79 Å². The number of nitrogens with one attached hydrogen (secondary N) is 1. The highest BCUT2D eigenvalue weighted by Crippen LogP contribution is 2.53. The lowest BCUT2D eigenvalue weighted by molar-refractivity contribution is 0.0921. The zero-order chi connectivity index (χ0) is 10.5. The Labute approximate surface area is 93.1 Å². The summed E-state index contributed by atoms with van der Waals surface area (Å²) >= 11 is 1.39. The first-order chi connectivity index (χ1) is 7.20. The Morgan fingerprint density at radius 2 is 2.33 bits per heavy atom. The molecule has 0 aromatic carbocycles. The van der Waals surface area contributed by atoms with Gasteiger partial charge in [-0.25, -0.2) is 0 Å². The summed E-state index contributed by atoms with van der Waals surface area (Å²) in [5.74, 6) is 0.768. The first-order valence-corrected chi connectivity index (χ1v) is 6.23. The highest BCUT2D eigenvalue weighted by Gasteiger charge is 2.54. The van der Waals surface area contributed by atoms with E-state index in [1.54, 1.807) is 0 Å². The third-order valence-electron chi connectivity index (χ3n) is 3.37. The number of rotatable bonds is 3. The molecular weight excluding hydrogens is 208 g/mol. The molecule has 1 N–H and O–H groups in total. The highest BCUT2D eigenvalue weighted by atomic mass is 32.1. The normalized spacial score (nSPS) is 22.5. The maximum atomic E-state index is 11.9. The van der Waals surface area contributed by atoms with E-state index in [9.17, 15) is 4.79 Å². The molecule has 1 aromatic rings. The van der Waals surface area contributed by atoms with E-state index in [-0.39, 0.29) is 11.4 Å². The van der Waals surface area contributed by atoms with Crippen LogP contribution in [0.1, 0.15) is 41.0 Å². The molecule has 3 rings (SSSR count). The van der Waals surface area contributed by atoms with Crippen LogP contribution in [0.25, 0.3) is 0 Å². The van der Waals surface area contributed by atoms with Crippen molar-refractivity contribution in [1.29, 1.82) is 0 Å². The number of amides is 1. The Morgan fingerprint density at radius 1 is 1.60 bits per heavy atom. The number of carbonyl (C=O) groups is 1. The molecule has 0 radical (unpaired) electrons. The third kappa shape index (κ3) is 1.67. The lowest BCUT2D eigenvalue weighted by Crippen LogP contribution is -2.38. The monoisotopic (exact) mass is 222 g/mol. The van der Waals surface area contributed by atoms with Crippen molar-refractivity contribution in [3.8, 4) is 0 Å². The minimum atomic E-state index is 0.0174. The molecule has 0 bridgehead atoms. The molecule has 2 saturated carbocycles. The number of hydrogen-bond acceptors (Lipinski definition) is 3. The van der Waals surface area contributed by atoms with Gasteiger partial charge in [-0.05, 0) is 56.1 Å². The third-order valence-corrected chi connectivity index (χ3v) is 4.06. The van der Waals surface area contributed by atoms with Crippen LogP contribution in [0, 0.1) is 12.8 Å². The maximum absolute atomic E-state index is 11.9. The van der Waals surface area contributed by atoms with Crippen molar-refractivity contribution >= 4 is 17.4 Å². The molecule has 15 heavy (non-hydrogen) atoms. The van der Waals surface area contributed by atoms with Crippen molar-refractivity contribution in [1.82, 2.24) is 9.69 Å². The van der Waals surface area contributed by atoms with Gasteiger partial charge in [0.1, 0.15) is 5.69 Å². The number of carbonyl (C=O) groups excluding carboxylic acids is 1.